The Morgan fingerprint density at radius 3 is 2.52 bits per heavy atom. The molecule has 0 heterocycles. The minimum absolute atomic E-state index is 0.143. The number of nitrogens with zero attached hydrogens (tertiary/aromatic N) is 1. The summed E-state index contributed by atoms with van der Waals surface area (Å²) >= 11 is 5.88. The van der Waals surface area contributed by atoms with Gasteiger partial charge < -0.3 is 5.73 Å². The SMILES string of the molecule is NCC1(NS(=O)(=O)c2c(Cl)cccc2[N+](=O)[O-])CCCC1. The molecule has 7 nitrogen and oxygen atoms in total. The van der Waals surface area contributed by atoms with Crippen LogP contribution in [-0.2, 0) is 10.0 Å². The minimum Gasteiger partial charge on any atom is -0.329 e. The van der Waals surface area contributed by atoms with Gasteiger partial charge in [-0.2, -0.15) is 0 Å². The second kappa shape index (κ2) is 5.88. The Hall–Kier alpha value is -1.22. The molecule has 0 bridgehead atoms. The number of halogens is 1. The fourth-order valence-corrected chi connectivity index (χ4v) is 4.82. The molecule has 0 aliphatic heterocycles. The molecule has 0 aromatic heterocycles. The average Bonchev–Trinajstić information content (AvgIpc) is 2.86. The Morgan fingerprint density at radius 2 is 2.00 bits per heavy atom. The van der Waals surface area contributed by atoms with Crippen LogP contribution in [0.25, 0.3) is 0 Å². The molecule has 3 N–H and O–H groups in total. The zero-order valence-electron chi connectivity index (χ0n) is 11.2. The van der Waals surface area contributed by atoms with Crippen molar-refractivity contribution in [3.63, 3.8) is 0 Å². The van der Waals surface area contributed by atoms with Crippen LogP contribution in [0.2, 0.25) is 5.02 Å². The summed E-state index contributed by atoms with van der Waals surface area (Å²) in [4.78, 5) is 9.77. The molecule has 0 saturated heterocycles. The molecule has 9 heteroatoms. The van der Waals surface area contributed by atoms with Crippen molar-refractivity contribution in [1.29, 1.82) is 0 Å². The molecule has 0 unspecified atom stereocenters. The Morgan fingerprint density at radius 1 is 1.38 bits per heavy atom. The monoisotopic (exact) mass is 333 g/mol. The molecule has 1 aromatic rings. The van der Waals surface area contributed by atoms with E-state index in [1.54, 1.807) is 0 Å². The van der Waals surface area contributed by atoms with Gasteiger partial charge in [-0.25, -0.2) is 13.1 Å². The van der Waals surface area contributed by atoms with Crippen LogP contribution in [0.3, 0.4) is 0 Å². The first-order valence-electron chi connectivity index (χ1n) is 6.48. The minimum atomic E-state index is -4.12. The van der Waals surface area contributed by atoms with Crippen molar-refractivity contribution in [2.45, 2.75) is 36.1 Å². The predicted octanol–water partition coefficient (Wildman–Crippen LogP) is 1.80. The maximum absolute atomic E-state index is 12.5. The molecule has 1 fully saturated rings. The number of hydrogen-bond donors (Lipinski definition) is 2. The highest BCUT2D eigenvalue weighted by Crippen LogP contribution is 2.35. The number of nitrogens with two attached hydrogens (primary N) is 1. The third kappa shape index (κ3) is 3.18. The lowest BCUT2D eigenvalue weighted by molar-refractivity contribution is -0.387. The second-order valence-electron chi connectivity index (χ2n) is 5.14. The number of nitro benzene ring substituents is 1. The van der Waals surface area contributed by atoms with Gasteiger partial charge in [-0.15, -0.1) is 0 Å². The number of hydrogen-bond acceptors (Lipinski definition) is 5. The van der Waals surface area contributed by atoms with Crippen LogP contribution in [0.4, 0.5) is 5.69 Å². The summed E-state index contributed by atoms with van der Waals surface area (Å²) in [5.74, 6) is 0. The zero-order valence-corrected chi connectivity index (χ0v) is 12.8. The molecule has 0 amide bonds. The fourth-order valence-electron chi connectivity index (χ4n) is 2.64. The third-order valence-electron chi connectivity index (χ3n) is 3.71. The van der Waals surface area contributed by atoms with Crippen LogP contribution < -0.4 is 10.5 Å². The summed E-state index contributed by atoms with van der Waals surface area (Å²) in [6, 6.07) is 3.77. The normalized spacial score (nSPS) is 17.8. The van der Waals surface area contributed by atoms with E-state index in [-0.39, 0.29) is 11.6 Å². The van der Waals surface area contributed by atoms with E-state index in [1.165, 1.54) is 12.1 Å². The molecule has 2 rings (SSSR count). The van der Waals surface area contributed by atoms with E-state index < -0.39 is 31.1 Å². The van der Waals surface area contributed by atoms with Gasteiger partial charge in [0.25, 0.3) is 5.69 Å². The largest absolute Gasteiger partial charge is 0.329 e. The molecule has 21 heavy (non-hydrogen) atoms. The van der Waals surface area contributed by atoms with Crippen LogP contribution in [0.5, 0.6) is 0 Å². The quantitative estimate of drug-likeness (QED) is 0.629. The van der Waals surface area contributed by atoms with Crippen LogP contribution in [0.15, 0.2) is 23.1 Å². The highest BCUT2D eigenvalue weighted by Gasteiger charge is 2.39. The first-order chi connectivity index (χ1) is 9.81. The van der Waals surface area contributed by atoms with E-state index in [9.17, 15) is 18.5 Å². The van der Waals surface area contributed by atoms with Gasteiger partial charge in [0.05, 0.1) is 9.95 Å². The fraction of sp³-hybridized carbons (Fsp3) is 0.500. The van der Waals surface area contributed by atoms with Crippen LogP contribution in [-0.4, -0.2) is 25.4 Å². The van der Waals surface area contributed by atoms with Crippen molar-refractivity contribution >= 4 is 27.3 Å². The molecular weight excluding hydrogens is 318 g/mol. The lowest BCUT2D eigenvalue weighted by Crippen LogP contribution is -2.51. The molecule has 1 aliphatic rings. The molecular formula is C12H16ClN3O4S. The number of nitrogens with one attached hydrogen (secondary N) is 1. The van der Waals surface area contributed by atoms with Gasteiger partial charge in [0.15, 0.2) is 4.90 Å². The first kappa shape index (κ1) is 16.2. The number of sulfonamides is 1. The van der Waals surface area contributed by atoms with E-state index >= 15 is 0 Å². The van der Waals surface area contributed by atoms with Gasteiger partial charge in [0.1, 0.15) is 0 Å². The van der Waals surface area contributed by atoms with Crippen molar-refractivity contribution in [2.75, 3.05) is 6.54 Å². The molecule has 1 saturated carbocycles. The Labute approximate surface area is 127 Å². The summed E-state index contributed by atoms with van der Waals surface area (Å²) in [6.07, 6.45) is 2.95. The molecule has 0 atom stereocenters. The maximum Gasteiger partial charge on any atom is 0.290 e. The summed E-state index contributed by atoms with van der Waals surface area (Å²) < 4.78 is 27.6. The van der Waals surface area contributed by atoms with E-state index in [2.05, 4.69) is 4.72 Å². The van der Waals surface area contributed by atoms with Gasteiger partial charge in [0.2, 0.25) is 10.0 Å². The molecule has 0 spiro atoms. The van der Waals surface area contributed by atoms with E-state index in [4.69, 9.17) is 17.3 Å². The van der Waals surface area contributed by atoms with Crippen LogP contribution in [0.1, 0.15) is 25.7 Å². The van der Waals surface area contributed by atoms with Crippen LogP contribution in [0, 0.1) is 10.1 Å². The Balaban J connectivity index is 2.47. The molecule has 1 aromatic carbocycles. The third-order valence-corrected chi connectivity index (χ3v) is 5.81. The smallest absolute Gasteiger partial charge is 0.290 e. The number of nitro groups is 1. The van der Waals surface area contributed by atoms with Gasteiger partial charge >= 0.3 is 0 Å². The lowest BCUT2D eigenvalue weighted by atomic mass is 10.0. The van der Waals surface area contributed by atoms with Gasteiger partial charge in [-0.1, -0.05) is 30.5 Å². The van der Waals surface area contributed by atoms with Gasteiger partial charge in [-0.05, 0) is 18.9 Å². The van der Waals surface area contributed by atoms with E-state index in [1.807, 2.05) is 0 Å². The highest BCUT2D eigenvalue weighted by molar-refractivity contribution is 7.89. The number of rotatable bonds is 5. The van der Waals surface area contributed by atoms with Crippen molar-refractivity contribution in [1.82, 2.24) is 4.72 Å². The molecule has 1 aliphatic carbocycles. The standard InChI is InChI=1S/C12H16ClN3O4S/c13-9-4-3-5-10(16(17)18)11(9)21(19,20)15-12(8-14)6-1-2-7-12/h3-5,15H,1-2,6-8,14H2. The summed E-state index contributed by atoms with van der Waals surface area (Å²) in [6.45, 7) is 0.143. The van der Waals surface area contributed by atoms with Crippen molar-refractivity contribution < 1.29 is 13.3 Å². The van der Waals surface area contributed by atoms with E-state index in [0.29, 0.717) is 12.8 Å². The van der Waals surface area contributed by atoms with Crippen LogP contribution >= 0.6 is 11.6 Å². The van der Waals surface area contributed by atoms with Gasteiger partial charge in [-0.3, -0.25) is 10.1 Å². The van der Waals surface area contributed by atoms with E-state index in [0.717, 1.165) is 18.9 Å². The topological polar surface area (TPSA) is 115 Å². The Bertz CT molecular complexity index is 656. The molecule has 0 radical (unpaired) electrons. The van der Waals surface area contributed by atoms with Crippen molar-refractivity contribution in [2.24, 2.45) is 5.73 Å². The lowest BCUT2D eigenvalue weighted by Gasteiger charge is -2.28. The summed E-state index contributed by atoms with van der Waals surface area (Å²) in [5.41, 5.74) is 4.41. The molecule has 116 valence electrons. The van der Waals surface area contributed by atoms with Gasteiger partial charge in [0, 0.05) is 18.2 Å². The predicted molar refractivity (Wildman–Crippen MR) is 78.7 cm³/mol. The summed E-state index contributed by atoms with van der Waals surface area (Å²) in [5, 5.41) is 10.9. The summed E-state index contributed by atoms with van der Waals surface area (Å²) in [7, 11) is -4.12. The average molecular weight is 334 g/mol. The van der Waals surface area contributed by atoms with Crippen molar-refractivity contribution in [3.05, 3.63) is 33.3 Å². The number of benzene rings is 1. The Kier molecular flexibility index (Phi) is 4.52. The first-order valence-corrected chi connectivity index (χ1v) is 8.34. The highest BCUT2D eigenvalue weighted by atomic mass is 35.5. The van der Waals surface area contributed by atoms with Crippen molar-refractivity contribution in [3.8, 4) is 0 Å². The zero-order chi connectivity index (χ0) is 15.7. The second-order valence-corrected chi connectivity index (χ2v) is 7.17. The maximum atomic E-state index is 12.5.